The summed E-state index contributed by atoms with van der Waals surface area (Å²) in [7, 11) is 1.19. The largest absolute Gasteiger partial charge is 0.489 e. The molecule has 0 radical (unpaired) electrons. The predicted octanol–water partition coefficient (Wildman–Crippen LogP) is 5.44. The lowest BCUT2D eigenvalue weighted by molar-refractivity contribution is 0.0600. The van der Waals surface area contributed by atoms with Gasteiger partial charge in [0.1, 0.15) is 11.5 Å². The third kappa shape index (κ3) is 3.78. The van der Waals surface area contributed by atoms with Gasteiger partial charge in [-0.25, -0.2) is 18.0 Å². The molecule has 1 aliphatic carbocycles. The van der Waals surface area contributed by atoms with E-state index >= 15 is 4.39 Å². The summed E-state index contributed by atoms with van der Waals surface area (Å²) in [6, 6.07) is 8.26. The molecule has 0 unspecified atom stereocenters. The van der Waals surface area contributed by atoms with Gasteiger partial charge in [0, 0.05) is 5.56 Å². The molecule has 35 heavy (non-hydrogen) atoms. The Hall–Kier alpha value is -3.33. The molecule has 1 aromatic heterocycles. The fraction of sp³-hybridized carbons (Fsp3) is 0.320. The Morgan fingerprint density at radius 1 is 1.23 bits per heavy atom. The van der Waals surface area contributed by atoms with Crippen LogP contribution in [0.15, 0.2) is 36.4 Å². The highest BCUT2D eigenvalue weighted by Crippen LogP contribution is 2.54. The molecule has 2 aliphatic rings. The van der Waals surface area contributed by atoms with Crippen LogP contribution in [0.25, 0.3) is 11.3 Å². The number of fused-ring (bicyclic) bond motifs is 1. The molecule has 0 amide bonds. The molecule has 6 nitrogen and oxygen atoms in total. The fourth-order valence-corrected chi connectivity index (χ4v) is 4.78. The SMILES string of the molecule is COC(=O)c1ccc(-c2nn(C(=O)c3c(Cl)cccc3C3(C(F)F)CC3)c3c2OCCC3)c(F)c1. The van der Waals surface area contributed by atoms with Gasteiger partial charge in [-0.05, 0) is 55.5 Å². The first-order chi connectivity index (χ1) is 16.8. The van der Waals surface area contributed by atoms with E-state index in [4.69, 9.17) is 16.3 Å². The van der Waals surface area contributed by atoms with Crippen LogP contribution in [0, 0.1) is 5.82 Å². The summed E-state index contributed by atoms with van der Waals surface area (Å²) >= 11 is 6.36. The average Bonchev–Trinajstić information content (AvgIpc) is 3.59. The molecule has 2 heterocycles. The molecule has 0 N–H and O–H groups in total. The van der Waals surface area contributed by atoms with Gasteiger partial charge in [-0.3, -0.25) is 4.79 Å². The maximum absolute atomic E-state index is 15.0. The lowest BCUT2D eigenvalue weighted by Gasteiger charge is -2.20. The molecule has 1 saturated carbocycles. The number of benzene rings is 2. The maximum Gasteiger partial charge on any atom is 0.337 e. The molecule has 182 valence electrons. The average molecular weight is 505 g/mol. The standard InChI is InChI=1S/C25H20ClF3N2O4/c1-34-23(33)13-7-8-14(17(27)12-13)20-21-18(6-3-11-35-21)31(30-20)22(32)19-15(4-2-5-16(19)26)25(9-10-25)24(28)29/h2,4-5,7-8,12,24H,3,6,9-11H2,1H3. The van der Waals surface area contributed by atoms with Gasteiger partial charge in [-0.1, -0.05) is 23.7 Å². The van der Waals surface area contributed by atoms with Crippen molar-refractivity contribution < 1.29 is 32.2 Å². The molecular formula is C25H20ClF3N2O4. The Kier molecular flexibility index (Phi) is 5.83. The zero-order valence-electron chi connectivity index (χ0n) is 18.6. The van der Waals surface area contributed by atoms with Crippen molar-refractivity contribution in [3.05, 3.63) is 69.6 Å². The van der Waals surface area contributed by atoms with Gasteiger partial charge in [0.15, 0.2) is 5.75 Å². The molecule has 3 aromatic rings. The van der Waals surface area contributed by atoms with E-state index in [9.17, 15) is 18.4 Å². The van der Waals surface area contributed by atoms with Gasteiger partial charge in [0.05, 0.1) is 41.0 Å². The Bertz CT molecular complexity index is 1350. The molecular weight excluding hydrogens is 485 g/mol. The third-order valence-electron chi connectivity index (χ3n) is 6.55. The number of hydrogen-bond donors (Lipinski definition) is 0. The van der Waals surface area contributed by atoms with Crippen molar-refractivity contribution in [1.29, 1.82) is 0 Å². The van der Waals surface area contributed by atoms with Gasteiger partial charge < -0.3 is 9.47 Å². The molecule has 2 aromatic carbocycles. The minimum atomic E-state index is -2.65. The first-order valence-corrected chi connectivity index (χ1v) is 11.4. The molecule has 0 atom stereocenters. The Morgan fingerprint density at radius 3 is 2.66 bits per heavy atom. The van der Waals surface area contributed by atoms with E-state index < -0.39 is 29.5 Å². The second kappa shape index (κ2) is 8.71. The van der Waals surface area contributed by atoms with Crippen molar-refractivity contribution in [1.82, 2.24) is 9.78 Å². The number of carbonyl (C=O) groups is 2. The van der Waals surface area contributed by atoms with E-state index in [0.29, 0.717) is 25.1 Å². The van der Waals surface area contributed by atoms with E-state index in [-0.39, 0.29) is 51.6 Å². The van der Waals surface area contributed by atoms with Crippen molar-refractivity contribution in [2.24, 2.45) is 0 Å². The topological polar surface area (TPSA) is 70.4 Å². The van der Waals surface area contributed by atoms with Crippen molar-refractivity contribution in [2.75, 3.05) is 13.7 Å². The van der Waals surface area contributed by atoms with Gasteiger partial charge in [-0.15, -0.1) is 0 Å². The van der Waals surface area contributed by atoms with Crippen LogP contribution >= 0.6 is 11.6 Å². The second-order valence-corrected chi connectivity index (χ2v) is 9.01. The Balaban J connectivity index is 1.64. The zero-order valence-corrected chi connectivity index (χ0v) is 19.4. The fourth-order valence-electron chi connectivity index (χ4n) is 4.52. The summed E-state index contributed by atoms with van der Waals surface area (Å²) in [5.41, 5.74) is -0.768. The highest BCUT2D eigenvalue weighted by molar-refractivity contribution is 6.34. The summed E-state index contributed by atoms with van der Waals surface area (Å²) in [6.45, 7) is 0.341. The van der Waals surface area contributed by atoms with Gasteiger partial charge in [0.25, 0.3) is 5.91 Å². The highest BCUT2D eigenvalue weighted by Gasteiger charge is 2.54. The summed E-state index contributed by atoms with van der Waals surface area (Å²) in [6.07, 6.45) is -1.16. The van der Waals surface area contributed by atoms with E-state index in [1.807, 2.05) is 0 Å². The minimum absolute atomic E-state index is 0.0153. The monoisotopic (exact) mass is 504 g/mol. The number of rotatable bonds is 5. The van der Waals surface area contributed by atoms with E-state index in [1.54, 1.807) is 6.07 Å². The molecule has 0 spiro atoms. The van der Waals surface area contributed by atoms with Crippen molar-refractivity contribution >= 4 is 23.5 Å². The van der Waals surface area contributed by atoms with E-state index in [2.05, 4.69) is 9.84 Å². The molecule has 0 bridgehead atoms. The number of ether oxygens (including phenoxy) is 2. The van der Waals surface area contributed by atoms with E-state index in [1.165, 1.54) is 31.4 Å². The zero-order chi connectivity index (χ0) is 24.9. The molecule has 1 fully saturated rings. The van der Waals surface area contributed by atoms with Crippen molar-refractivity contribution in [2.45, 2.75) is 37.5 Å². The number of carbonyl (C=O) groups excluding carboxylic acids is 2. The van der Waals surface area contributed by atoms with Crippen LogP contribution in [-0.2, 0) is 16.6 Å². The van der Waals surface area contributed by atoms with Gasteiger partial charge >= 0.3 is 5.97 Å². The summed E-state index contributed by atoms with van der Waals surface area (Å²) in [5.74, 6) is -1.90. The highest BCUT2D eigenvalue weighted by atomic mass is 35.5. The smallest absolute Gasteiger partial charge is 0.337 e. The van der Waals surface area contributed by atoms with Crippen LogP contribution in [0.4, 0.5) is 13.2 Å². The first-order valence-electron chi connectivity index (χ1n) is 11.0. The van der Waals surface area contributed by atoms with Gasteiger partial charge in [-0.2, -0.15) is 9.78 Å². The summed E-state index contributed by atoms with van der Waals surface area (Å²) < 4.78 is 54.3. The third-order valence-corrected chi connectivity index (χ3v) is 6.86. The van der Waals surface area contributed by atoms with Crippen LogP contribution in [0.3, 0.4) is 0 Å². The van der Waals surface area contributed by atoms with Crippen LogP contribution in [-0.4, -0.2) is 41.8 Å². The second-order valence-electron chi connectivity index (χ2n) is 8.60. The lowest BCUT2D eigenvalue weighted by atomic mass is 9.91. The number of esters is 1. The quantitative estimate of drug-likeness (QED) is 0.433. The van der Waals surface area contributed by atoms with Crippen LogP contribution in [0.2, 0.25) is 5.02 Å². The summed E-state index contributed by atoms with van der Waals surface area (Å²) in [5, 5.41) is 4.40. The molecule has 10 heteroatoms. The molecule has 0 saturated heterocycles. The number of nitrogens with zero attached hydrogens (tertiary/aromatic N) is 2. The minimum Gasteiger partial charge on any atom is -0.489 e. The van der Waals surface area contributed by atoms with Crippen molar-refractivity contribution in [3.8, 4) is 17.0 Å². The van der Waals surface area contributed by atoms with Crippen LogP contribution in [0.1, 0.15) is 51.2 Å². The maximum atomic E-state index is 15.0. The lowest BCUT2D eigenvalue weighted by Crippen LogP contribution is -2.26. The number of aromatic nitrogens is 2. The predicted molar refractivity (Wildman–Crippen MR) is 121 cm³/mol. The number of halogens is 4. The number of alkyl halides is 2. The van der Waals surface area contributed by atoms with Gasteiger partial charge in [0.2, 0.25) is 6.43 Å². The first kappa shape index (κ1) is 23.4. The molecule has 1 aliphatic heterocycles. The van der Waals surface area contributed by atoms with Crippen molar-refractivity contribution in [3.63, 3.8) is 0 Å². The number of methoxy groups -OCH3 is 1. The Morgan fingerprint density at radius 2 is 2.00 bits per heavy atom. The van der Waals surface area contributed by atoms with Crippen LogP contribution in [0.5, 0.6) is 5.75 Å². The molecule has 5 rings (SSSR count). The summed E-state index contributed by atoms with van der Waals surface area (Å²) in [4.78, 5) is 25.5. The number of hydrogen-bond acceptors (Lipinski definition) is 5. The Labute approximate surface area is 203 Å². The van der Waals surface area contributed by atoms with Crippen LogP contribution < -0.4 is 4.74 Å². The normalized spacial score (nSPS) is 15.9. The van der Waals surface area contributed by atoms with E-state index in [0.717, 1.165) is 10.7 Å².